The zero-order chi connectivity index (χ0) is 34.5. The molecule has 0 atom stereocenters. The van der Waals surface area contributed by atoms with E-state index in [2.05, 4.69) is 21.7 Å². The molecule has 8 nitrogen and oxygen atoms in total. The van der Waals surface area contributed by atoms with Crippen LogP contribution in [0.5, 0.6) is 11.6 Å². The standard InChI is InChI=1S/C39H55Cl2N3O5/c1-2-3-4-5-6-7-8-9-10-11-12-14-29-47-39(45)49-31-48-37-22-20-32-19-21-33(30-35(32)42-37)46-28-15-13-23-43-24-26-44(27-25-43)36-18-16-17-34(40)38(36)41/h16-22,30H,2-15,23-29,31H2,1H3. The van der Waals surface area contributed by atoms with Gasteiger partial charge in [-0.15, -0.1) is 0 Å². The molecule has 1 aromatic heterocycles. The number of halogens is 2. The van der Waals surface area contributed by atoms with Crippen molar-refractivity contribution in [1.82, 2.24) is 9.88 Å². The molecular weight excluding hydrogens is 661 g/mol. The van der Waals surface area contributed by atoms with Crippen LogP contribution in [-0.2, 0) is 9.47 Å². The number of aromatic nitrogens is 1. The van der Waals surface area contributed by atoms with Gasteiger partial charge in [0.1, 0.15) is 5.75 Å². The molecule has 0 spiro atoms. The maximum absolute atomic E-state index is 11.9. The molecule has 1 saturated heterocycles. The number of rotatable bonds is 23. The summed E-state index contributed by atoms with van der Waals surface area (Å²) in [6, 6.07) is 15.3. The third kappa shape index (κ3) is 14.4. The number of carbonyl (C=O) groups excluding carboxylic acids is 1. The fourth-order valence-corrected chi connectivity index (χ4v) is 6.52. The van der Waals surface area contributed by atoms with Crippen LogP contribution >= 0.6 is 23.2 Å². The quantitative estimate of drug-likeness (QED) is 0.0546. The molecular formula is C39H55Cl2N3O5. The summed E-state index contributed by atoms with van der Waals surface area (Å²) in [5, 5.41) is 2.20. The van der Waals surface area contributed by atoms with E-state index in [1.165, 1.54) is 64.2 Å². The number of piperazine rings is 1. The Hall–Kier alpha value is -2.94. The molecule has 0 radical (unpaired) electrons. The van der Waals surface area contributed by atoms with Crippen molar-refractivity contribution in [3.05, 3.63) is 58.6 Å². The van der Waals surface area contributed by atoms with Gasteiger partial charge >= 0.3 is 6.16 Å². The average molecular weight is 717 g/mol. The number of anilines is 1. The van der Waals surface area contributed by atoms with Gasteiger partial charge in [0.2, 0.25) is 12.7 Å². The van der Waals surface area contributed by atoms with Crippen LogP contribution in [0.3, 0.4) is 0 Å². The van der Waals surface area contributed by atoms with Gasteiger partial charge in [0.15, 0.2) is 0 Å². The van der Waals surface area contributed by atoms with Crippen molar-refractivity contribution in [3.8, 4) is 11.6 Å². The van der Waals surface area contributed by atoms with Gasteiger partial charge in [-0.05, 0) is 56.1 Å². The second-order valence-electron chi connectivity index (χ2n) is 12.9. The minimum Gasteiger partial charge on any atom is -0.494 e. The van der Waals surface area contributed by atoms with E-state index in [4.69, 9.17) is 42.1 Å². The highest BCUT2D eigenvalue weighted by atomic mass is 35.5. The Labute approximate surface area is 303 Å². The molecule has 0 saturated carbocycles. The van der Waals surface area contributed by atoms with Crippen molar-refractivity contribution in [2.45, 2.75) is 96.8 Å². The van der Waals surface area contributed by atoms with E-state index >= 15 is 0 Å². The number of unbranched alkanes of at least 4 members (excludes halogenated alkanes) is 12. The topological polar surface area (TPSA) is 73.4 Å². The van der Waals surface area contributed by atoms with Gasteiger partial charge in [0, 0.05) is 43.7 Å². The summed E-state index contributed by atoms with van der Waals surface area (Å²) in [5.74, 6) is 1.14. The predicted octanol–water partition coefficient (Wildman–Crippen LogP) is 10.7. The molecule has 0 bridgehead atoms. The molecule has 4 rings (SSSR count). The molecule has 1 aliphatic rings. The number of fused-ring (bicyclic) bond motifs is 1. The maximum atomic E-state index is 11.9. The lowest BCUT2D eigenvalue weighted by Crippen LogP contribution is -2.46. The zero-order valence-corrected chi connectivity index (χ0v) is 30.8. The van der Waals surface area contributed by atoms with Crippen molar-refractivity contribution < 1.29 is 23.7 Å². The first kappa shape index (κ1) is 38.9. The molecule has 1 fully saturated rings. The van der Waals surface area contributed by atoms with Gasteiger partial charge in [-0.25, -0.2) is 9.78 Å². The molecule has 10 heteroatoms. The lowest BCUT2D eigenvalue weighted by atomic mass is 10.1. The monoisotopic (exact) mass is 715 g/mol. The first-order valence-corrected chi connectivity index (χ1v) is 19.2. The zero-order valence-electron chi connectivity index (χ0n) is 29.3. The number of hydrogen-bond donors (Lipinski definition) is 0. The lowest BCUT2D eigenvalue weighted by molar-refractivity contribution is 0.00267. The molecule has 2 aromatic carbocycles. The number of carbonyl (C=O) groups is 1. The van der Waals surface area contributed by atoms with E-state index < -0.39 is 6.16 Å². The van der Waals surface area contributed by atoms with Gasteiger partial charge in [0.25, 0.3) is 0 Å². The van der Waals surface area contributed by atoms with Crippen molar-refractivity contribution in [2.75, 3.05) is 57.6 Å². The minimum atomic E-state index is -0.718. The molecule has 0 amide bonds. The second-order valence-corrected chi connectivity index (χ2v) is 13.6. The molecule has 1 aliphatic heterocycles. The molecule has 0 aliphatic carbocycles. The minimum absolute atomic E-state index is 0.255. The SMILES string of the molecule is CCCCCCCCCCCCCCOC(=O)OCOc1ccc2ccc(OCCCCN3CCN(c4cccc(Cl)c4Cl)CC3)cc2n1. The van der Waals surface area contributed by atoms with Crippen LogP contribution in [0, 0.1) is 0 Å². The Morgan fingerprint density at radius 2 is 1.41 bits per heavy atom. The molecule has 0 unspecified atom stereocenters. The first-order valence-electron chi connectivity index (χ1n) is 18.4. The summed E-state index contributed by atoms with van der Waals surface area (Å²) in [6.07, 6.45) is 16.4. The highest BCUT2D eigenvalue weighted by molar-refractivity contribution is 6.43. The Morgan fingerprint density at radius 1 is 0.735 bits per heavy atom. The summed E-state index contributed by atoms with van der Waals surface area (Å²) in [6.45, 7) is 7.90. The van der Waals surface area contributed by atoms with Crippen molar-refractivity contribution in [3.63, 3.8) is 0 Å². The fraction of sp³-hybridized carbons (Fsp3) is 0.590. The third-order valence-corrected chi connectivity index (χ3v) is 9.83. The van der Waals surface area contributed by atoms with Crippen LogP contribution in [-0.4, -0.2) is 68.8 Å². The van der Waals surface area contributed by atoms with Gasteiger partial charge < -0.3 is 23.8 Å². The van der Waals surface area contributed by atoms with E-state index in [1.54, 1.807) is 6.07 Å². The highest BCUT2D eigenvalue weighted by Crippen LogP contribution is 2.33. The molecule has 0 N–H and O–H groups in total. The summed E-state index contributed by atoms with van der Waals surface area (Å²) in [5.41, 5.74) is 1.77. The van der Waals surface area contributed by atoms with E-state index in [0.29, 0.717) is 29.1 Å². The summed E-state index contributed by atoms with van der Waals surface area (Å²) >= 11 is 12.6. The summed E-state index contributed by atoms with van der Waals surface area (Å²) < 4.78 is 21.9. The number of hydrogen-bond acceptors (Lipinski definition) is 8. The third-order valence-electron chi connectivity index (χ3n) is 9.02. The summed E-state index contributed by atoms with van der Waals surface area (Å²) in [4.78, 5) is 21.3. The van der Waals surface area contributed by atoms with Crippen LogP contribution in [0.4, 0.5) is 10.5 Å². The van der Waals surface area contributed by atoms with Gasteiger partial charge in [-0.1, -0.05) is 107 Å². The Balaban J connectivity index is 1.02. The fourth-order valence-electron chi connectivity index (χ4n) is 6.10. The van der Waals surface area contributed by atoms with Crippen LogP contribution in [0.15, 0.2) is 48.5 Å². The van der Waals surface area contributed by atoms with Crippen molar-refractivity contribution in [2.24, 2.45) is 0 Å². The molecule has 3 aromatic rings. The van der Waals surface area contributed by atoms with E-state index in [1.807, 2.05) is 42.5 Å². The van der Waals surface area contributed by atoms with Crippen LogP contribution < -0.4 is 14.4 Å². The van der Waals surface area contributed by atoms with Crippen LogP contribution in [0.1, 0.15) is 96.8 Å². The largest absolute Gasteiger partial charge is 0.511 e. The Morgan fingerprint density at radius 3 is 2.14 bits per heavy atom. The van der Waals surface area contributed by atoms with E-state index in [-0.39, 0.29) is 6.79 Å². The highest BCUT2D eigenvalue weighted by Gasteiger charge is 2.19. The average Bonchev–Trinajstić information content (AvgIpc) is 3.11. The maximum Gasteiger partial charge on any atom is 0.511 e. The molecule has 2 heterocycles. The summed E-state index contributed by atoms with van der Waals surface area (Å²) in [7, 11) is 0. The van der Waals surface area contributed by atoms with Crippen molar-refractivity contribution in [1.29, 1.82) is 0 Å². The van der Waals surface area contributed by atoms with Crippen LogP contribution in [0.25, 0.3) is 10.9 Å². The lowest BCUT2D eigenvalue weighted by Gasteiger charge is -2.36. The van der Waals surface area contributed by atoms with E-state index in [9.17, 15) is 4.79 Å². The smallest absolute Gasteiger partial charge is 0.494 e. The number of pyridine rings is 1. The Bertz CT molecular complexity index is 1390. The first-order chi connectivity index (χ1) is 24.0. The van der Waals surface area contributed by atoms with Crippen molar-refractivity contribution >= 4 is 45.9 Å². The van der Waals surface area contributed by atoms with Gasteiger partial charge in [-0.3, -0.25) is 4.90 Å². The van der Waals surface area contributed by atoms with Gasteiger partial charge in [-0.2, -0.15) is 0 Å². The number of ether oxygens (including phenoxy) is 4. The normalized spacial score (nSPS) is 13.5. The van der Waals surface area contributed by atoms with Gasteiger partial charge in [0.05, 0.1) is 34.5 Å². The Kier molecular flexibility index (Phi) is 18.0. The predicted molar refractivity (Wildman–Crippen MR) is 201 cm³/mol. The number of benzene rings is 2. The number of nitrogens with zero attached hydrogens (tertiary/aromatic N) is 3. The van der Waals surface area contributed by atoms with Crippen LogP contribution in [0.2, 0.25) is 10.0 Å². The second kappa shape index (κ2) is 22.7. The van der Waals surface area contributed by atoms with E-state index in [0.717, 1.165) is 80.7 Å². The molecule has 270 valence electrons. The molecule has 49 heavy (non-hydrogen) atoms.